The molecule has 1 aromatic heterocycles. The van der Waals surface area contributed by atoms with Gasteiger partial charge in [-0.3, -0.25) is 4.99 Å². The highest BCUT2D eigenvalue weighted by Gasteiger charge is 2.14. The maximum Gasteiger partial charge on any atom is 0.191 e. The fourth-order valence-corrected chi connectivity index (χ4v) is 4.24. The number of rotatable bonds is 7. The lowest BCUT2D eigenvalue weighted by Gasteiger charge is -2.18. The van der Waals surface area contributed by atoms with Crippen LogP contribution in [-0.4, -0.2) is 33.8 Å². The fraction of sp³-hybridized carbons (Fsp3) is 0.480. The van der Waals surface area contributed by atoms with Gasteiger partial charge in [0.15, 0.2) is 5.96 Å². The van der Waals surface area contributed by atoms with Gasteiger partial charge in [-0.25, -0.2) is 0 Å². The van der Waals surface area contributed by atoms with E-state index in [1.165, 1.54) is 35.6 Å². The Morgan fingerprint density at radius 3 is 2.84 bits per heavy atom. The second-order valence-corrected chi connectivity index (χ2v) is 8.33. The molecule has 0 saturated heterocycles. The maximum absolute atomic E-state index is 4.81. The number of nitrogens with zero attached hydrogens (tertiary/aromatic N) is 4. The molecule has 2 N–H and O–H groups in total. The first-order valence-electron chi connectivity index (χ1n) is 11.7. The summed E-state index contributed by atoms with van der Waals surface area (Å²) in [7, 11) is 0. The third-order valence-corrected chi connectivity index (χ3v) is 5.99. The molecule has 3 aromatic rings. The summed E-state index contributed by atoms with van der Waals surface area (Å²) in [4.78, 5) is 4.81. The van der Waals surface area contributed by atoms with Crippen molar-refractivity contribution in [3.63, 3.8) is 0 Å². The van der Waals surface area contributed by atoms with Crippen LogP contribution in [0.3, 0.4) is 0 Å². The molecular formula is C25H34N6. The fourth-order valence-electron chi connectivity index (χ4n) is 4.24. The van der Waals surface area contributed by atoms with Crippen molar-refractivity contribution in [3.8, 4) is 0 Å². The predicted molar refractivity (Wildman–Crippen MR) is 127 cm³/mol. The van der Waals surface area contributed by atoms with Crippen LogP contribution in [-0.2, 0) is 19.4 Å². The molecule has 6 heteroatoms. The van der Waals surface area contributed by atoms with Crippen molar-refractivity contribution in [3.05, 3.63) is 59.7 Å². The summed E-state index contributed by atoms with van der Waals surface area (Å²) in [6, 6.07) is 15.3. The normalized spacial score (nSPS) is 15.4. The Balaban J connectivity index is 1.35. The second-order valence-electron chi connectivity index (χ2n) is 8.33. The molecule has 0 spiro atoms. The first-order chi connectivity index (χ1) is 15.2. The van der Waals surface area contributed by atoms with E-state index >= 15 is 0 Å². The van der Waals surface area contributed by atoms with Crippen molar-refractivity contribution in [2.24, 2.45) is 4.99 Å². The van der Waals surface area contributed by atoms with Gasteiger partial charge in [0.1, 0.15) is 11.6 Å². The minimum absolute atomic E-state index is 0.176. The van der Waals surface area contributed by atoms with Gasteiger partial charge in [-0.15, -0.1) is 10.2 Å². The second kappa shape index (κ2) is 10.4. The highest BCUT2D eigenvalue weighted by molar-refractivity contribution is 5.84. The number of fused-ring (bicyclic) bond motifs is 2. The molecule has 0 fully saturated rings. The van der Waals surface area contributed by atoms with Crippen molar-refractivity contribution in [2.45, 2.75) is 65.0 Å². The van der Waals surface area contributed by atoms with Gasteiger partial charge in [-0.1, -0.05) is 42.8 Å². The molecule has 0 aliphatic carbocycles. The molecule has 2 aromatic carbocycles. The highest BCUT2D eigenvalue weighted by Crippen LogP contribution is 2.20. The predicted octanol–water partition coefficient (Wildman–Crippen LogP) is 4.41. The topological polar surface area (TPSA) is 67.1 Å². The Hall–Kier alpha value is -2.89. The van der Waals surface area contributed by atoms with E-state index in [1.807, 2.05) is 0 Å². The van der Waals surface area contributed by atoms with E-state index in [1.54, 1.807) is 0 Å². The largest absolute Gasteiger partial charge is 0.357 e. The zero-order valence-electron chi connectivity index (χ0n) is 18.8. The molecule has 1 aliphatic rings. The number of guanidine groups is 1. The van der Waals surface area contributed by atoms with Crippen molar-refractivity contribution in [1.29, 1.82) is 0 Å². The number of aliphatic imine (C=N–C) groups is 1. The van der Waals surface area contributed by atoms with Crippen LogP contribution < -0.4 is 10.6 Å². The smallest absolute Gasteiger partial charge is 0.191 e. The first-order valence-corrected chi connectivity index (χ1v) is 11.7. The molecule has 0 radical (unpaired) electrons. The zero-order chi connectivity index (χ0) is 21.5. The van der Waals surface area contributed by atoms with Crippen LogP contribution in [0.5, 0.6) is 0 Å². The lowest BCUT2D eigenvalue weighted by atomic mass is 10.0. The first kappa shape index (κ1) is 21.3. The van der Waals surface area contributed by atoms with Crippen LogP contribution in [0.25, 0.3) is 10.8 Å². The van der Waals surface area contributed by atoms with Crippen LogP contribution >= 0.6 is 0 Å². The van der Waals surface area contributed by atoms with Gasteiger partial charge in [-0.05, 0) is 55.5 Å². The Labute approximate surface area is 185 Å². The molecule has 164 valence electrons. The van der Waals surface area contributed by atoms with E-state index in [4.69, 9.17) is 4.99 Å². The van der Waals surface area contributed by atoms with E-state index in [0.717, 1.165) is 56.5 Å². The van der Waals surface area contributed by atoms with Crippen molar-refractivity contribution in [2.75, 3.05) is 13.1 Å². The third kappa shape index (κ3) is 5.43. The average Bonchev–Trinajstić information content (AvgIpc) is 3.01. The average molecular weight is 419 g/mol. The third-order valence-electron chi connectivity index (χ3n) is 5.99. The Kier molecular flexibility index (Phi) is 7.18. The summed E-state index contributed by atoms with van der Waals surface area (Å²) >= 11 is 0. The summed E-state index contributed by atoms with van der Waals surface area (Å²) in [6.45, 7) is 6.95. The molecule has 0 bridgehead atoms. The zero-order valence-corrected chi connectivity index (χ0v) is 18.8. The minimum atomic E-state index is 0.176. The maximum atomic E-state index is 4.81. The summed E-state index contributed by atoms with van der Waals surface area (Å²) in [5.41, 5.74) is 1.26. The van der Waals surface area contributed by atoms with Gasteiger partial charge in [0.05, 0.1) is 6.04 Å². The van der Waals surface area contributed by atoms with Crippen LogP contribution in [0, 0.1) is 0 Å². The molecule has 31 heavy (non-hydrogen) atoms. The number of benzene rings is 2. The molecule has 0 amide bonds. The Bertz CT molecular complexity index is 1020. The number of hydrogen-bond donors (Lipinski definition) is 2. The van der Waals surface area contributed by atoms with Crippen LogP contribution in [0.2, 0.25) is 0 Å². The van der Waals surface area contributed by atoms with Crippen molar-refractivity contribution in [1.82, 2.24) is 25.4 Å². The quantitative estimate of drug-likeness (QED) is 0.339. The SMILES string of the molecule is CCNC(=NCCCc1nnc2n1CCCCC2)NC(C)c1ccc2ccccc2c1. The van der Waals surface area contributed by atoms with Crippen LogP contribution in [0.15, 0.2) is 47.5 Å². The number of aromatic nitrogens is 3. The van der Waals surface area contributed by atoms with E-state index < -0.39 is 0 Å². The number of nitrogens with one attached hydrogen (secondary N) is 2. The van der Waals surface area contributed by atoms with E-state index in [2.05, 4.69) is 81.7 Å². The van der Waals surface area contributed by atoms with Crippen LogP contribution in [0.4, 0.5) is 0 Å². The lowest BCUT2D eigenvalue weighted by Crippen LogP contribution is -2.38. The standard InChI is InChI=1S/C25H34N6/c1-3-26-25(28-19(2)21-15-14-20-10-6-7-11-22(20)18-21)27-16-9-13-24-30-29-23-12-5-4-8-17-31(23)24/h6-7,10-11,14-15,18-19H,3-5,8-9,12-13,16-17H2,1-2H3,(H2,26,27,28). The van der Waals surface area contributed by atoms with E-state index in [0.29, 0.717) is 0 Å². The molecule has 1 unspecified atom stereocenters. The molecule has 1 atom stereocenters. The molecule has 1 aliphatic heterocycles. The van der Waals surface area contributed by atoms with Crippen molar-refractivity contribution < 1.29 is 0 Å². The minimum Gasteiger partial charge on any atom is -0.357 e. The van der Waals surface area contributed by atoms with Gasteiger partial charge in [0.25, 0.3) is 0 Å². The van der Waals surface area contributed by atoms with Gasteiger partial charge >= 0.3 is 0 Å². The van der Waals surface area contributed by atoms with Gasteiger partial charge in [-0.2, -0.15) is 0 Å². The molecule has 2 heterocycles. The highest BCUT2D eigenvalue weighted by atomic mass is 15.3. The van der Waals surface area contributed by atoms with Crippen molar-refractivity contribution >= 4 is 16.7 Å². The molecule has 0 saturated carbocycles. The monoisotopic (exact) mass is 418 g/mol. The number of hydrogen-bond acceptors (Lipinski definition) is 3. The molecule has 6 nitrogen and oxygen atoms in total. The lowest BCUT2D eigenvalue weighted by molar-refractivity contribution is 0.597. The van der Waals surface area contributed by atoms with Gasteiger partial charge in [0.2, 0.25) is 0 Å². The molecule has 4 rings (SSSR count). The Morgan fingerprint density at radius 2 is 1.97 bits per heavy atom. The van der Waals surface area contributed by atoms with Crippen LogP contribution in [0.1, 0.15) is 62.8 Å². The van der Waals surface area contributed by atoms with Gasteiger partial charge < -0.3 is 15.2 Å². The summed E-state index contributed by atoms with van der Waals surface area (Å²) in [6.07, 6.45) is 6.72. The molecular weight excluding hydrogens is 384 g/mol. The van der Waals surface area contributed by atoms with Gasteiger partial charge in [0, 0.05) is 32.5 Å². The number of aryl methyl sites for hydroxylation is 2. The van der Waals surface area contributed by atoms with E-state index in [-0.39, 0.29) is 6.04 Å². The Morgan fingerprint density at radius 1 is 1.10 bits per heavy atom. The summed E-state index contributed by atoms with van der Waals surface area (Å²) < 4.78 is 2.34. The summed E-state index contributed by atoms with van der Waals surface area (Å²) in [5.74, 6) is 3.15. The van der Waals surface area contributed by atoms with E-state index in [9.17, 15) is 0 Å². The summed E-state index contributed by atoms with van der Waals surface area (Å²) in [5, 5.41) is 18.3.